The van der Waals surface area contributed by atoms with Crippen LogP contribution in [-0.2, 0) is 33.6 Å². The Morgan fingerprint density at radius 3 is 1.32 bits per heavy atom. The Balaban J connectivity index is 6.30. The molecule has 0 aliphatic heterocycles. The average Bonchev–Trinajstić information content (AvgIpc) is 2.43. The van der Waals surface area contributed by atoms with E-state index in [1.54, 1.807) is 0 Å². The van der Waals surface area contributed by atoms with Crippen LogP contribution in [0.5, 0.6) is 0 Å². The number of rotatable bonds is 14. The van der Waals surface area contributed by atoms with Crippen molar-refractivity contribution in [1.29, 1.82) is 0 Å². The molecule has 0 bridgehead atoms. The first-order chi connectivity index (χ1) is 11.5. The van der Waals surface area contributed by atoms with Crippen molar-refractivity contribution in [3.8, 4) is 0 Å². The molecule has 0 rings (SSSR count). The first-order valence-corrected chi connectivity index (χ1v) is 6.75. The van der Waals surface area contributed by atoms with Crippen LogP contribution in [0.25, 0.3) is 0 Å². The molecular formula is C12H20N2O11. The van der Waals surface area contributed by atoms with Crippen LogP contribution in [0.3, 0.4) is 0 Å². The van der Waals surface area contributed by atoms with Gasteiger partial charge in [-0.2, -0.15) is 0 Å². The second kappa shape index (κ2) is 9.85. The summed E-state index contributed by atoms with van der Waals surface area (Å²) in [4.78, 5) is 53.6. The van der Waals surface area contributed by atoms with Crippen LogP contribution in [0.1, 0.15) is 25.7 Å². The molecule has 0 aliphatic carbocycles. The highest BCUT2D eigenvalue weighted by Crippen LogP contribution is 2.41. The van der Waals surface area contributed by atoms with Gasteiger partial charge in [-0.15, -0.1) is 0 Å². The summed E-state index contributed by atoms with van der Waals surface area (Å²) >= 11 is 0. The van der Waals surface area contributed by atoms with Crippen molar-refractivity contribution in [2.45, 2.75) is 36.9 Å². The van der Waals surface area contributed by atoms with Gasteiger partial charge >= 0.3 is 23.9 Å². The maximum atomic E-state index is 11.2. The summed E-state index contributed by atoms with van der Waals surface area (Å²) in [5, 5.41) is 36.4. The van der Waals surface area contributed by atoms with Crippen LogP contribution in [-0.4, -0.2) is 68.7 Å². The molecule has 0 amide bonds. The summed E-state index contributed by atoms with van der Waals surface area (Å²) in [5.74, 6) is 3.51. The quantitative estimate of drug-likeness (QED) is 0.146. The number of carboxylic acid groups (broad SMARTS) is 4. The number of nitrogens with two attached hydrogens (primary N) is 2. The molecule has 25 heavy (non-hydrogen) atoms. The molecular weight excluding hydrogens is 348 g/mol. The third-order valence-corrected chi connectivity index (χ3v) is 3.38. The maximum absolute atomic E-state index is 11.2. The van der Waals surface area contributed by atoms with E-state index in [-0.39, 0.29) is 6.61 Å². The molecule has 0 saturated heterocycles. The van der Waals surface area contributed by atoms with Crippen LogP contribution in [0.2, 0.25) is 0 Å². The summed E-state index contributed by atoms with van der Waals surface area (Å²) in [6.07, 6.45) is -4.44. The minimum absolute atomic E-state index is 0.318. The van der Waals surface area contributed by atoms with E-state index in [1.807, 2.05) is 0 Å². The summed E-state index contributed by atoms with van der Waals surface area (Å²) in [6.45, 7) is -0.789. The van der Waals surface area contributed by atoms with Gasteiger partial charge in [-0.25, -0.2) is 11.8 Å². The Hall–Kier alpha value is -2.32. The second-order valence-electron chi connectivity index (χ2n) is 5.11. The minimum Gasteiger partial charge on any atom is -0.481 e. The van der Waals surface area contributed by atoms with Crippen LogP contribution in [0, 0.1) is 0 Å². The number of aliphatic carboxylic acids is 4. The Kier molecular flexibility index (Phi) is 8.94. The fourth-order valence-electron chi connectivity index (χ4n) is 2.46. The molecule has 144 valence electrons. The highest BCUT2D eigenvalue weighted by atomic mass is 16.7. The van der Waals surface area contributed by atoms with Gasteiger partial charge in [-0.1, -0.05) is 0 Å². The van der Waals surface area contributed by atoms with Crippen LogP contribution in [0.15, 0.2) is 0 Å². The number of carboxylic acids is 4. The summed E-state index contributed by atoms with van der Waals surface area (Å²) < 4.78 is 5.25. The van der Waals surface area contributed by atoms with E-state index >= 15 is 0 Å². The molecule has 13 heteroatoms. The smallest absolute Gasteiger partial charge is 0.306 e. The van der Waals surface area contributed by atoms with Crippen LogP contribution < -0.4 is 11.8 Å². The van der Waals surface area contributed by atoms with Gasteiger partial charge < -0.3 is 30.0 Å². The predicted molar refractivity (Wildman–Crippen MR) is 75.8 cm³/mol. The van der Waals surface area contributed by atoms with E-state index in [0.717, 1.165) is 0 Å². The van der Waals surface area contributed by atoms with Crippen molar-refractivity contribution in [3.05, 3.63) is 0 Å². The van der Waals surface area contributed by atoms with Crippen molar-refractivity contribution < 1.29 is 54.0 Å². The fraction of sp³-hybridized carbons (Fsp3) is 0.667. The van der Waals surface area contributed by atoms with Crippen molar-refractivity contribution in [1.82, 2.24) is 0 Å². The standard InChI is InChI=1S/C12H20N2O11/c13-24-2-1-23-11(3-7(15)16,4-8(17)18)12(25-14,5-9(19)20)6-10(21)22/h1-6,13-14H2,(H,15,16)(H,17,18)(H,19,20)(H,21,22). The van der Waals surface area contributed by atoms with E-state index in [9.17, 15) is 19.2 Å². The number of hydrogen-bond donors (Lipinski definition) is 6. The molecule has 0 unspecified atom stereocenters. The SMILES string of the molecule is NOCCOC(CC(=O)O)(CC(=O)O)C(CC(=O)O)(CC(=O)O)ON. The van der Waals surface area contributed by atoms with E-state index in [1.165, 1.54) is 0 Å². The van der Waals surface area contributed by atoms with Gasteiger partial charge in [0.2, 0.25) is 0 Å². The first-order valence-electron chi connectivity index (χ1n) is 6.75. The Morgan fingerprint density at radius 1 is 0.680 bits per heavy atom. The van der Waals surface area contributed by atoms with Gasteiger partial charge in [-0.05, 0) is 0 Å². The lowest BCUT2D eigenvalue weighted by atomic mass is 9.73. The zero-order valence-corrected chi connectivity index (χ0v) is 13.0. The lowest BCUT2D eigenvalue weighted by Gasteiger charge is -2.45. The summed E-state index contributed by atoms with van der Waals surface area (Å²) in [7, 11) is 0. The highest BCUT2D eigenvalue weighted by molar-refractivity contribution is 5.77. The Bertz CT molecular complexity index is 475. The fourth-order valence-corrected chi connectivity index (χ4v) is 2.46. The van der Waals surface area contributed by atoms with Gasteiger partial charge in [0.1, 0.15) is 11.2 Å². The highest BCUT2D eigenvalue weighted by Gasteiger charge is 2.58. The van der Waals surface area contributed by atoms with Gasteiger partial charge in [-0.3, -0.25) is 24.0 Å². The topological polar surface area (TPSA) is 229 Å². The molecule has 0 atom stereocenters. The van der Waals surface area contributed by atoms with Gasteiger partial charge in [0, 0.05) is 0 Å². The average molecular weight is 368 g/mol. The third-order valence-electron chi connectivity index (χ3n) is 3.38. The molecule has 0 aromatic carbocycles. The van der Waals surface area contributed by atoms with Gasteiger partial charge in [0.05, 0.1) is 38.9 Å². The van der Waals surface area contributed by atoms with Crippen LogP contribution >= 0.6 is 0 Å². The maximum Gasteiger partial charge on any atom is 0.306 e. The summed E-state index contributed by atoms with van der Waals surface area (Å²) in [5.41, 5.74) is -4.91. The Morgan fingerprint density at radius 2 is 1.04 bits per heavy atom. The number of ether oxygens (including phenoxy) is 1. The molecule has 0 spiro atoms. The van der Waals surface area contributed by atoms with E-state index < -0.39 is 67.4 Å². The van der Waals surface area contributed by atoms with Crippen molar-refractivity contribution in [2.24, 2.45) is 11.8 Å². The molecule has 0 heterocycles. The molecule has 13 nitrogen and oxygen atoms in total. The predicted octanol–water partition coefficient (Wildman–Crippen LogP) is -1.84. The van der Waals surface area contributed by atoms with E-state index in [0.29, 0.717) is 0 Å². The first kappa shape index (κ1) is 22.7. The van der Waals surface area contributed by atoms with Crippen molar-refractivity contribution >= 4 is 23.9 Å². The molecule has 8 N–H and O–H groups in total. The van der Waals surface area contributed by atoms with Crippen molar-refractivity contribution in [3.63, 3.8) is 0 Å². The molecule has 0 radical (unpaired) electrons. The molecule has 0 aromatic rings. The molecule has 0 aliphatic rings. The van der Waals surface area contributed by atoms with Crippen molar-refractivity contribution in [2.75, 3.05) is 13.2 Å². The molecule has 0 aromatic heterocycles. The lowest BCUT2D eigenvalue weighted by Crippen LogP contribution is -2.62. The zero-order chi connectivity index (χ0) is 19.7. The van der Waals surface area contributed by atoms with Gasteiger partial charge in [0.15, 0.2) is 0 Å². The molecule has 0 saturated carbocycles. The number of hydrogen-bond acceptors (Lipinski definition) is 9. The second-order valence-corrected chi connectivity index (χ2v) is 5.11. The lowest BCUT2D eigenvalue weighted by molar-refractivity contribution is -0.235. The minimum atomic E-state index is -2.49. The van der Waals surface area contributed by atoms with E-state index in [2.05, 4.69) is 9.68 Å². The molecule has 0 fully saturated rings. The van der Waals surface area contributed by atoms with Crippen LogP contribution in [0.4, 0.5) is 0 Å². The normalized spacial score (nSPS) is 11.9. The Labute approximate surface area is 141 Å². The largest absolute Gasteiger partial charge is 0.481 e. The third kappa shape index (κ3) is 6.60. The number of carbonyl (C=O) groups is 4. The zero-order valence-electron chi connectivity index (χ0n) is 13.0. The summed E-state index contributed by atoms with van der Waals surface area (Å²) in [6, 6.07) is 0. The van der Waals surface area contributed by atoms with Gasteiger partial charge in [0.25, 0.3) is 0 Å². The van der Waals surface area contributed by atoms with E-state index in [4.69, 9.17) is 37.0 Å². The monoisotopic (exact) mass is 368 g/mol.